The van der Waals surface area contributed by atoms with Crippen LogP contribution in [-0.4, -0.2) is 11.1 Å². The largest absolute Gasteiger partial charge is 0.478 e. The molecule has 0 spiro atoms. The van der Waals surface area contributed by atoms with E-state index in [1.807, 2.05) is 31.2 Å². The van der Waals surface area contributed by atoms with Gasteiger partial charge in [0.2, 0.25) is 0 Å². The smallest absolute Gasteiger partial charge is 0.336 e. The molecule has 0 bridgehead atoms. The fourth-order valence-electron chi connectivity index (χ4n) is 1.44. The summed E-state index contributed by atoms with van der Waals surface area (Å²) in [6, 6.07) is 9.69. The molecule has 15 heavy (non-hydrogen) atoms. The molecule has 0 saturated heterocycles. The molecule has 1 N–H and O–H groups in total. The van der Waals surface area contributed by atoms with Crippen LogP contribution in [0.3, 0.4) is 0 Å². The summed E-state index contributed by atoms with van der Waals surface area (Å²) in [4.78, 5) is 11.7. The van der Waals surface area contributed by atoms with Crippen molar-refractivity contribution in [3.8, 4) is 10.4 Å². The predicted molar refractivity (Wildman–Crippen MR) is 61.5 cm³/mol. The lowest BCUT2D eigenvalue weighted by Crippen LogP contribution is -1.91. The topological polar surface area (TPSA) is 37.3 Å². The van der Waals surface area contributed by atoms with Gasteiger partial charge >= 0.3 is 5.97 Å². The van der Waals surface area contributed by atoms with E-state index in [4.69, 9.17) is 5.11 Å². The van der Waals surface area contributed by atoms with E-state index in [1.165, 1.54) is 11.3 Å². The van der Waals surface area contributed by atoms with Gasteiger partial charge in [0, 0.05) is 10.3 Å². The van der Waals surface area contributed by atoms with Crippen molar-refractivity contribution in [2.24, 2.45) is 0 Å². The van der Waals surface area contributed by atoms with Crippen molar-refractivity contribution >= 4 is 17.3 Å². The summed E-state index contributed by atoms with van der Waals surface area (Å²) in [5, 5.41) is 10.5. The van der Waals surface area contributed by atoms with Gasteiger partial charge in [0.05, 0.1) is 5.56 Å². The number of carbonyl (C=O) groups is 1. The van der Waals surface area contributed by atoms with Gasteiger partial charge in [0.15, 0.2) is 0 Å². The highest BCUT2D eigenvalue weighted by molar-refractivity contribution is 7.13. The number of thiophene rings is 1. The molecule has 2 aromatic rings. The number of hydrogen-bond acceptors (Lipinski definition) is 2. The zero-order valence-electron chi connectivity index (χ0n) is 8.23. The SMILES string of the molecule is Cc1ccccc1-c1cc(C(=O)O)cs1. The Morgan fingerprint density at radius 3 is 2.67 bits per heavy atom. The maximum atomic E-state index is 10.7. The van der Waals surface area contributed by atoms with E-state index in [0.717, 1.165) is 16.0 Å². The van der Waals surface area contributed by atoms with Gasteiger partial charge in [-0.1, -0.05) is 24.3 Å². The number of hydrogen-bond donors (Lipinski definition) is 1. The van der Waals surface area contributed by atoms with Crippen LogP contribution in [0, 0.1) is 6.92 Å². The lowest BCUT2D eigenvalue weighted by molar-refractivity contribution is 0.0697. The zero-order chi connectivity index (χ0) is 10.8. The Labute approximate surface area is 91.8 Å². The monoisotopic (exact) mass is 218 g/mol. The van der Waals surface area contributed by atoms with E-state index in [0.29, 0.717) is 5.56 Å². The molecule has 0 fully saturated rings. The van der Waals surface area contributed by atoms with Gasteiger partial charge in [-0.25, -0.2) is 4.79 Å². The highest BCUT2D eigenvalue weighted by atomic mass is 32.1. The molecular weight excluding hydrogens is 208 g/mol. The third-order valence-corrected chi connectivity index (χ3v) is 3.22. The minimum Gasteiger partial charge on any atom is -0.478 e. The molecular formula is C12H10O2S. The molecule has 0 aliphatic heterocycles. The van der Waals surface area contributed by atoms with Crippen LogP contribution in [0.5, 0.6) is 0 Å². The van der Waals surface area contributed by atoms with Crippen LogP contribution in [0.15, 0.2) is 35.7 Å². The first-order chi connectivity index (χ1) is 7.18. The van der Waals surface area contributed by atoms with Gasteiger partial charge in [-0.15, -0.1) is 11.3 Å². The van der Waals surface area contributed by atoms with Crippen molar-refractivity contribution in [3.05, 3.63) is 46.8 Å². The molecule has 1 aromatic heterocycles. The first-order valence-corrected chi connectivity index (χ1v) is 5.44. The summed E-state index contributed by atoms with van der Waals surface area (Å²) in [5.74, 6) is -0.869. The van der Waals surface area contributed by atoms with Crippen molar-refractivity contribution in [2.45, 2.75) is 6.92 Å². The average Bonchev–Trinajstić information content (AvgIpc) is 2.67. The Balaban J connectivity index is 2.46. The van der Waals surface area contributed by atoms with Crippen LogP contribution >= 0.6 is 11.3 Å². The van der Waals surface area contributed by atoms with E-state index >= 15 is 0 Å². The van der Waals surface area contributed by atoms with E-state index in [9.17, 15) is 4.79 Å². The van der Waals surface area contributed by atoms with Crippen LogP contribution in [0.2, 0.25) is 0 Å². The van der Waals surface area contributed by atoms with E-state index < -0.39 is 5.97 Å². The summed E-state index contributed by atoms with van der Waals surface area (Å²) in [7, 11) is 0. The average molecular weight is 218 g/mol. The van der Waals surface area contributed by atoms with Crippen molar-refractivity contribution in [3.63, 3.8) is 0 Å². The third-order valence-electron chi connectivity index (χ3n) is 2.26. The molecule has 0 aliphatic rings. The predicted octanol–water partition coefficient (Wildman–Crippen LogP) is 3.42. The van der Waals surface area contributed by atoms with Gasteiger partial charge < -0.3 is 5.11 Å². The Morgan fingerprint density at radius 2 is 2.07 bits per heavy atom. The lowest BCUT2D eigenvalue weighted by atomic mass is 10.1. The number of carboxylic acids is 1. The Bertz CT molecular complexity index is 500. The van der Waals surface area contributed by atoms with E-state index in [-0.39, 0.29) is 0 Å². The standard InChI is InChI=1S/C12H10O2S/c1-8-4-2-3-5-10(8)11-6-9(7-15-11)12(13)14/h2-7H,1H3,(H,13,14). The first-order valence-electron chi connectivity index (χ1n) is 4.56. The summed E-state index contributed by atoms with van der Waals surface area (Å²) in [6.45, 7) is 2.02. The van der Waals surface area contributed by atoms with Crippen molar-refractivity contribution < 1.29 is 9.90 Å². The van der Waals surface area contributed by atoms with E-state index in [1.54, 1.807) is 11.4 Å². The fourth-order valence-corrected chi connectivity index (χ4v) is 2.41. The second-order valence-electron chi connectivity index (χ2n) is 3.32. The summed E-state index contributed by atoms with van der Waals surface area (Å²) < 4.78 is 0. The Kier molecular flexibility index (Phi) is 2.56. The van der Waals surface area contributed by atoms with Crippen LogP contribution in [0.4, 0.5) is 0 Å². The molecule has 0 aliphatic carbocycles. The molecule has 1 aromatic carbocycles. The molecule has 0 saturated carbocycles. The Hall–Kier alpha value is -1.61. The lowest BCUT2D eigenvalue weighted by Gasteiger charge is -2.00. The molecule has 1 heterocycles. The van der Waals surface area contributed by atoms with Gasteiger partial charge in [-0.2, -0.15) is 0 Å². The molecule has 2 nitrogen and oxygen atoms in total. The second-order valence-corrected chi connectivity index (χ2v) is 4.23. The molecule has 0 unspecified atom stereocenters. The minimum absolute atomic E-state index is 0.359. The van der Waals surface area contributed by atoms with Crippen molar-refractivity contribution in [1.29, 1.82) is 0 Å². The number of benzene rings is 1. The highest BCUT2D eigenvalue weighted by Crippen LogP contribution is 2.29. The minimum atomic E-state index is -0.869. The quantitative estimate of drug-likeness (QED) is 0.838. The van der Waals surface area contributed by atoms with Gasteiger partial charge in [0.25, 0.3) is 0 Å². The fraction of sp³-hybridized carbons (Fsp3) is 0.0833. The van der Waals surface area contributed by atoms with Gasteiger partial charge in [-0.05, 0) is 24.1 Å². The summed E-state index contributed by atoms with van der Waals surface area (Å²) in [6.07, 6.45) is 0. The van der Waals surface area contributed by atoms with Crippen LogP contribution in [-0.2, 0) is 0 Å². The number of carboxylic acid groups (broad SMARTS) is 1. The molecule has 0 radical (unpaired) electrons. The van der Waals surface area contributed by atoms with E-state index in [2.05, 4.69) is 0 Å². The highest BCUT2D eigenvalue weighted by Gasteiger charge is 2.08. The molecule has 3 heteroatoms. The van der Waals surface area contributed by atoms with Crippen LogP contribution < -0.4 is 0 Å². The molecule has 0 amide bonds. The number of rotatable bonds is 2. The maximum Gasteiger partial charge on any atom is 0.336 e. The summed E-state index contributed by atoms with van der Waals surface area (Å²) >= 11 is 1.46. The first kappa shape index (κ1) is 9.93. The Morgan fingerprint density at radius 1 is 1.33 bits per heavy atom. The zero-order valence-corrected chi connectivity index (χ0v) is 9.04. The maximum absolute atomic E-state index is 10.7. The van der Waals surface area contributed by atoms with Crippen LogP contribution in [0.1, 0.15) is 15.9 Å². The third kappa shape index (κ3) is 1.92. The van der Waals surface area contributed by atoms with Gasteiger partial charge in [0.1, 0.15) is 0 Å². The molecule has 2 rings (SSSR count). The molecule has 0 atom stereocenters. The van der Waals surface area contributed by atoms with Gasteiger partial charge in [-0.3, -0.25) is 0 Å². The molecule has 76 valence electrons. The second kappa shape index (κ2) is 3.87. The normalized spacial score (nSPS) is 10.2. The number of aromatic carboxylic acids is 1. The van der Waals surface area contributed by atoms with Crippen molar-refractivity contribution in [2.75, 3.05) is 0 Å². The number of aryl methyl sites for hydroxylation is 1. The van der Waals surface area contributed by atoms with Crippen molar-refractivity contribution in [1.82, 2.24) is 0 Å². The summed E-state index contributed by atoms with van der Waals surface area (Å²) in [5.41, 5.74) is 2.63. The van der Waals surface area contributed by atoms with Crippen LogP contribution in [0.25, 0.3) is 10.4 Å².